The molecule has 0 saturated carbocycles. The molecule has 24 heavy (non-hydrogen) atoms. The van der Waals surface area contributed by atoms with E-state index in [9.17, 15) is 0 Å². The number of methoxy groups -OCH3 is 2. The van der Waals surface area contributed by atoms with E-state index >= 15 is 0 Å². The van der Waals surface area contributed by atoms with Gasteiger partial charge in [0, 0.05) is 17.4 Å². The summed E-state index contributed by atoms with van der Waals surface area (Å²) in [4.78, 5) is 0. The highest BCUT2D eigenvalue weighted by Crippen LogP contribution is 2.29. The molecule has 2 aromatic rings. The van der Waals surface area contributed by atoms with E-state index in [0.717, 1.165) is 24.2 Å². The topological polar surface area (TPSA) is 42.5 Å². The zero-order valence-electron chi connectivity index (χ0n) is 14.4. The third-order valence-corrected chi connectivity index (χ3v) is 3.91. The molecule has 2 aromatic carbocycles. The van der Waals surface area contributed by atoms with Gasteiger partial charge in [0.15, 0.2) is 16.6 Å². The summed E-state index contributed by atoms with van der Waals surface area (Å²) in [7, 11) is 3.23. The molecular formula is C19H24N2O2S. The number of unbranched alkanes of at least 4 members (excludes halogenated alkanes) is 1. The van der Waals surface area contributed by atoms with E-state index in [4.69, 9.17) is 21.7 Å². The Morgan fingerprint density at radius 3 is 2.46 bits per heavy atom. The largest absolute Gasteiger partial charge is 0.493 e. The van der Waals surface area contributed by atoms with Crippen molar-refractivity contribution >= 4 is 28.7 Å². The number of aryl methyl sites for hydroxylation is 1. The number of nitrogens with one attached hydrogen (secondary N) is 2. The van der Waals surface area contributed by atoms with Crippen molar-refractivity contribution in [1.82, 2.24) is 0 Å². The summed E-state index contributed by atoms with van der Waals surface area (Å²) in [6.07, 6.45) is 3.37. The van der Waals surface area contributed by atoms with Crippen molar-refractivity contribution in [3.05, 3.63) is 48.0 Å². The van der Waals surface area contributed by atoms with Gasteiger partial charge in [-0.25, -0.2) is 0 Å². The molecule has 0 unspecified atom stereocenters. The molecule has 128 valence electrons. The van der Waals surface area contributed by atoms with E-state index in [1.807, 2.05) is 30.3 Å². The number of ether oxygens (including phenoxy) is 2. The van der Waals surface area contributed by atoms with Crippen LogP contribution in [0.5, 0.6) is 11.5 Å². The van der Waals surface area contributed by atoms with Crippen molar-refractivity contribution < 1.29 is 9.47 Å². The molecule has 0 aromatic heterocycles. The molecule has 2 N–H and O–H groups in total. The first-order valence-electron chi connectivity index (χ1n) is 8.05. The first kappa shape index (κ1) is 18.1. The van der Waals surface area contributed by atoms with Gasteiger partial charge >= 0.3 is 0 Å². The lowest BCUT2D eigenvalue weighted by molar-refractivity contribution is 0.355. The molecule has 0 aliphatic carbocycles. The van der Waals surface area contributed by atoms with E-state index in [2.05, 4.69) is 29.7 Å². The van der Waals surface area contributed by atoms with Crippen molar-refractivity contribution in [2.24, 2.45) is 0 Å². The molecular weight excluding hydrogens is 320 g/mol. The van der Waals surface area contributed by atoms with Gasteiger partial charge in [-0.15, -0.1) is 0 Å². The second-order valence-corrected chi connectivity index (χ2v) is 5.82. The molecule has 0 saturated heterocycles. The summed E-state index contributed by atoms with van der Waals surface area (Å²) < 4.78 is 10.6. The fourth-order valence-corrected chi connectivity index (χ4v) is 2.65. The van der Waals surface area contributed by atoms with Crippen molar-refractivity contribution in [1.29, 1.82) is 0 Å². The Morgan fingerprint density at radius 2 is 1.75 bits per heavy atom. The molecule has 4 nitrogen and oxygen atoms in total. The molecule has 2 rings (SSSR count). The van der Waals surface area contributed by atoms with Crippen LogP contribution in [0.25, 0.3) is 0 Å². The highest BCUT2D eigenvalue weighted by molar-refractivity contribution is 7.80. The van der Waals surface area contributed by atoms with Crippen LogP contribution in [0.4, 0.5) is 11.4 Å². The van der Waals surface area contributed by atoms with Gasteiger partial charge in [-0.2, -0.15) is 0 Å². The van der Waals surface area contributed by atoms with Crippen molar-refractivity contribution in [3.63, 3.8) is 0 Å². The number of hydrogen-bond acceptors (Lipinski definition) is 3. The Labute approximate surface area is 149 Å². The van der Waals surface area contributed by atoms with Gasteiger partial charge in [-0.3, -0.25) is 0 Å². The summed E-state index contributed by atoms with van der Waals surface area (Å²) in [5.74, 6) is 1.35. The molecule has 0 spiro atoms. The van der Waals surface area contributed by atoms with E-state index in [-0.39, 0.29) is 0 Å². The fourth-order valence-electron chi connectivity index (χ4n) is 2.43. The van der Waals surface area contributed by atoms with Crippen LogP contribution in [0.3, 0.4) is 0 Å². The minimum absolute atomic E-state index is 0.547. The third-order valence-electron chi connectivity index (χ3n) is 3.71. The highest BCUT2D eigenvalue weighted by atomic mass is 32.1. The zero-order chi connectivity index (χ0) is 17.4. The van der Waals surface area contributed by atoms with Gasteiger partial charge in [0.1, 0.15) is 0 Å². The predicted octanol–water partition coefficient (Wildman–Crippen LogP) is 4.86. The smallest absolute Gasteiger partial charge is 0.175 e. The first-order chi connectivity index (χ1) is 11.7. The van der Waals surface area contributed by atoms with Crippen LogP contribution in [-0.4, -0.2) is 19.3 Å². The van der Waals surface area contributed by atoms with Gasteiger partial charge in [0.2, 0.25) is 0 Å². The van der Waals surface area contributed by atoms with Crippen LogP contribution in [0.2, 0.25) is 0 Å². The number of thiocarbonyl (C=S) groups is 1. The van der Waals surface area contributed by atoms with Gasteiger partial charge in [-0.05, 0) is 48.8 Å². The SMILES string of the molecule is CCCCc1ccccc1NC(=S)Nc1ccc(OC)c(OC)c1. The number of rotatable bonds is 7. The van der Waals surface area contributed by atoms with Crippen LogP contribution in [-0.2, 0) is 6.42 Å². The van der Waals surface area contributed by atoms with Gasteiger partial charge < -0.3 is 20.1 Å². The molecule has 0 amide bonds. The lowest BCUT2D eigenvalue weighted by Crippen LogP contribution is -2.20. The molecule has 0 radical (unpaired) electrons. The second-order valence-electron chi connectivity index (χ2n) is 5.41. The van der Waals surface area contributed by atoms with E-state index < -0.39 is 0 Å². The van der Waals surface area contributed by atoms with Gasteiger partial charge in [0.05, 0.1) is 14.2 Å². The van der Waals surface area contributed by atoms with E-state index in [0.29, 0.717) is 16.6 Å². The highest BCUT2D eigenvalue weighted by Gasteiger charge is 2.07. The van der Waals surface area contributed by atoms with Crippen molar-refractivity contribution in [2.75, 3.05) is 24.9 Å². The van der Waals surface area contributed by atoms with Crippen LogP contribution in [0.1, 0.15) is 25.3 Å². The Balaban J connectivity index is 2.06. The third kappa shape index (κ3) is 4.86. The van der Waals surface area contributed by atoms with Gasteiger partial charge in [-0.1, -0.05) is 31.5 Å². The molecule has 0 heterocycles. The molecule has 0 bridgehead atoms. The Morgan fingerprint density at radius 1 is 1.00 bits per heavy atom. The summed E-state index contributed by atoms with van der Waals surface area (Å²) in [5.41, 5.74) is 3.16. The van der Waals surface area contributed by atoms with Crippen LogP contribution < -0.4 is 20.1 Å². The molecule has 0 aliphatic heterocycles. The van der Waals surface area contributed by atoms with Crippen LogP contribution in [0, 0.1) is 0 Å². The average molecular weight is 344 g/mol. The maximum atomic E-state index is 5.44. The molecule has 0 aliphatic rings. The van der Waals surface area contributed by atoms with E-state index in [1.54, 1.807) is 14.2 Å². The number of hydrogen-bond donors (Lipinski definition) is 2. The van der Waals surface area contributed by atoms with Crippen LogP contribution in [0.15, 0.2) is 42.5 Å². The fraction of sp³-hybridized carbons (Fsp3) is 0.316. The number of anilines is 2. The summed E-state index contributed by atoms with van der Waals surface area (Å²) in [5, 5.41) is 7.01. The maximum Gasteiger partial charge on any atom is 0.175 e. The summed E-state index contributed by atoms with van der Waals surface area (Å²) >= 11 is 5.44. The first-order valence-corrected chi connectivity index (χ1v) is 8.46. The van der Waals surface area contributed by atoms with Crippen molar-refractivity contribution in [3.8, 4) is 11.5 Å². The lowest BCUT2D eigenvalue weighted by atomic mass is 10.1. The van der Waals surface area contributed by atoms with Gasteiger partial charge in [0.25, 0.3) is 0 Å². The quantitative estimate of drug-likeness (QED) is 0.703. The molecule has 0 fully saturated rings. The molecule has 0 atom stereocenters. The Bertz CT molecular complexity index is 689. The Kier molecular flexibility index (Phi) is 6.88. The maximum absolute atomic E-state index is 5.44. The second kappa shape index (κ2) is 9.13. The molecule has 5 heteroatoms. The van der Waals surface area contributed by atoms with E-state index in [1.165, 1.54) is 12.0 Å². The summed E-state index contributed by atoms with van der Waals surface area (Å²) in [6.45, 7) is 2.19. The monoisotopic (exact) mass is 344 g/mol. The number of para-hydroxylation sites is 1. The standard InChI is InChI=1S/C19H24N2O2S/c1-4-5-8-14-9-6-7-10-16(14)21-19(24)20-15-11-12-17(22-2)18(13-15)23-3/h6-7,9-13H,4-5,8H2,1-3H3,(H2,20,21,24). The summed E-state index contributed by atoms with van der Waals surface area (Å²) in [6, 6.07) is 13.9. The lowest BCUT2D eigenvalue weighted by Gasteiger charge is -2.15. The Hall–Kier alpha value is -2.27. The predicted molar refractivity (Wildman–Crippen MR) is 104 cm³/mol. The average Bonchev–Trinajstić information content (AvgIpc) is 2.60. The minimum Gasteiger partial charge on any atom is -0.493 e. The van der Waals surface area contributed by atoms with Crippen LogP contribution >= 0.6 is 12.2 Å². The minimum atomic E-state index is 0.547. The van der Waals surface area contributed by atoms with Crippen molar-refractivity contribution in [2.45, 2.75) is 26.2 Å². The number of benzene rings is 2. The normalized spacial score (nSPS) is 10.1. The zero-order valence-corrected chi connectivity index (χ0v) is 15.2.